The third-order valence-electron chi connectivity index (χ3n) is 1.89. The van der Waals surface area contributed by atoms with Gasteiger partial charge in [-0.2, -0.15) is 4.21 Å². The summed E-state index contributed by atoms with van der Waals surface area (Å²) in [5.74, 6) is -0.551. The number of benzene rings is 1. The van der Waals surface area contributed by atoms with Gasteiger partial charge in [0.15, 0.2) is 11.5 Å². The van der Waals surface area contributed by atoms with Gasteiger partial charge in [-0.15, -0.1) is 0 Å². The quantitative estimate of drug-likeness (QED) is 0.545. The van der Waals surface area contributed by atoms with E-state index in [4.69, 9.17) is 4.55 Å². The molecule has 1 unspecified atom stereocenters. The van der Waals surface area contributed by atoms with Crippen molar-refractivity contribution in [1.29, 1.82) is 0 Å². The van der Waals surface area contributed by atoms with Gasteiger partial charge in [-0.05, 0) is 12.0 Å². The fourth-order valence-corrected chi connectivity index (χ4v) is 1.47. The summed E-state index contributed by atoms with van der Waals surface area (Å²) in [6, 6.07) is 2.42. The standard InChI is InChI=1S/C9H12O5S/c1-5(2)6-3-8(11)9(4-7(6)10)14-15(12)13/h3-5,10-11H,1-2H3,(H,12,13). The number of aromatic hydroxyl groups is 2. The van der Waals surface area contributed by atoms with Crippen molar-refractivity contribution in [3.05, 3.63) is 17.7 Å². The van der Waals surface area contributed by atoms with Crippen LogP contribution in [0.2, 0.25) is 0 Å². The van der Waals surface area contributed by atoms with E-state index in [1.54, 1.807) is 0 Å². The van der Waals surface area contributed by atoms with Crippen molar-refractivity contribution in [3.63, 3.8) is 0 Å². The van der Waals surface area contributed by atoms with Crippen LogP contribution in [0.3, 0.4) is 0 Å². The first-order valence-electron chi connectivity index (χ1n) is 4.27. The summed E-state index contributed by atoms with van der Waals surface area (Å²) in [5, 5.41) is 19.0. The molecule has 5 nitrogen and oxygen atoms in total. The van der Waals surface area contributed by atoms with E-state index in [0.717, 1.165) is 6.07 Å². The molecule has 0 saturated heterocycles. The number of phenols is 2. The molecule has 0 aliphatic carbocycles. The van der Waals surface area contributed by atoms with Gasteiger partial charge in [-0.3, -0.25) is 4.55 Å². The molecule has 15 heavy (non-hydrogen) atoms. The van der Waals surface area contributed by atoms with Crippen LogP contribution >= 0.6 is 0 Å². The minimum absolute atomic E-state index is 0.0320. The van der Waals surface area contributed by atoms with Crippen molar-refractivity contribution >= 4 is 11.4 Å². The summed E-state index contributed by atoms with van der Waals surface area (Å²) in [4.78, 5) is 0. The smallest absolute Gasteiger partial charge is 0.357 e. The largest absolute Gasteiger partial charge is 0.508 e. The molecule has 0 aliphatic heterocycles. The third kappa shape index (κ3) is 2.84. The fourth-order valence-electron chi connectivity index (χ4n) is 1.18. The van der Waals surface area contributed by atoms with Gasteiger partial charge in [0.25, 0.3) is 0 Å². The Balaban J connectivity index is 3.13. The second-order valence-electron chi connectivity index (χ2n) is 3.33. The molecule has 1 atom stereocenters. The van der Waals surface area contributed by atoms with Gasteiger partial charge in [0.05, 0.1) is 0 Å². The molecule has 0 fully saturated rings. The van der Waals surface area contributed by atoms with Crippen molar-refractivity contribution in [2.75, 3.05) is 0 Å². The molecule has 1 rings (SSSR count). The molecular weight excluding hydrogens is 220 g/mol. The lowest BCUT2D eigenvalue weighted by molar-refractivity contribution is 0.408. The Morgan fingerprint density at radius 2 is 1.87 bits per heavy atom. The third-order valence-corrected chi connectivity index (χ3v) is 2.21. The zero-order valence-corrected chi connectivity index (χ0v) is 9.11. The molecule has 6 heteroatoms. The molecule has 1 aromatic carbocycles. The first-order chi connectivity index (χ1) is 6.91. The lowest BCUT2D eigenvalue weighted by Gasteiger charge is -2.11. The fraction of sp³-hybridized carbons (Fsp3) is 0.333. The highest BCUT2D eigenvalue weighted by molar-refractivity contribution is 7.74. The van der Waals surface area contributed by atoms with E-state index in [0.29, 0.717) is 5.56 Å². The summed E-state index contributed by atoms with van der Waals surface area (Å²) >= 11 is -2.52. The summed E-state index contributed by atoms with van der Waals surface area (Å²) in [6.07, 6.45) is 0. The molecule has 0 radical (unpaired) electrons. The number of rotatable bonds is 3. The summed E-state index contributed by atoms with van der Waals surface area (Å²) < 4.78 is 23.2. The average molecular weight is 232 g/mol. The van der Waals surface area contributed by atoms with E-state index in [-0.39, 0.29) is 23.2 Å². The van der Waals surface area contributed by atoms with E-state index >= 15 is 0 Å². The number of hydrogen-bond donors (Lipinski definition) is 3. The molecule has 0 amide bonds. The summed E-state index contributed by atoms with van der Waals surface area (Å²) in [5.41, 5.74) is 0.545. The lowest BCUT2D eigenvalue weighted by Crippen LogP contribution is -1.98. The minimum Gasteiger partial charge on any atom is -0.508 e. The normalized spacial score (nSPS) is 12.8. The number of phenolic OH excluding ortho intramolecular Hbond substituents is 2. The van der Waals surface area contributed by atoms with Crippen molar-refractivity contribution in [2.24, 2.45) is 0 Å². The molecular formula is C9H12O5S. The van der Waals surface area contributed by atoms with Crippen LogP contribution < -0.4 is 4.18 Å². The molecule has 84 valence electrons. The van der Waals surface area contributed by atoms with Gasteiger partial charge in [0, 0.05) is 11.6 Å². The predicted octanol–water partition coefficient (Wildman–Crippen LogP) is 1.74. The molecule has 0 aliphatic rings. The minimum atomic E-state index is -2.52. The van der Waals surface area contributed by atoms with Crippen LogP contribution in [-0.2, 0) is 11.4 Å². The second-order valence-corrected chi connectivity index (χ2v) is 3.93. The molecule has 0 bridgehead atoms. The number of hydrogen-bond acceptors (Lipinski definition) is 4. The Hall–Kier alpha value is -1.27. The van der Waals surface area contributed by atoms with E-state index in [9.17, 15) is 14.4 Å². The SMILES string of the molecule is CC(C)c1cc(O)c(OS(=O)O)cc1O. The topological polar surface area (TPSA) is 87.0 Å². The van der Waals surface area contributed by atoms with Crippen LogP contribution in [-0.4, -0.2) is 19.0 Å². The van der Waals surface area contributed by atoms with Gasteiger partial charge in [0.1, 0.15) is 5.75 Å². The van der Waals surface area contributed by atoms with Crippen LogP contribution in [0.1, 0.15) is 25.3 Å². The maximum Gasteiger partial charge on any atom is 0.357 e. The van der Waals surface area contributed by atoms with E-state index < -0.39 is 11.4 Å². The van der Waals surface area contributed by atoms with Crippen molar-refractivity contribution in [2.45, 2.75) is 19.8 Å². The van der Waals surface area contributed by atoms with Crippen LogP contribution in [0.25, 0.3) is 0 Å². The zero-order valence-electron chi connectivity index (χ0n) is 8.30. The first-order valence-corrected chi connectivity index (χ1v) is 5.30. The van der Waals surface area contributed by atoms with Crippen LogP contribution in [0.5, 0.6) is 17.2 Å². The molecule has 0 heterocycles. The highest BCUT2D eigenvalue weighted by Gasteiger charge is 2.13. The Kier molecular flexibility index (Phi) is 3.54. The van der Waals surface area contributed by atoms with E-state index in [1.807, 2.05) is 13.8 Å². The maximum atomic E-state index is 10.3. The van der Waals surface area contributed by atoms with Crippen molar-refractivity contribution < 1.29 is 23.2 Å². The van der Waals surface area contributed by atoms with Gasteiger partial charge in [0.2, 0.25) is 0 Å². The molecule has 0 aromatic heterocycles. The Labute approximate surface area is 89.8 Å². The van der Waals surface area contributed by atoms with Gasteiger partial charge in [-0.1, -0.05) is 13.8 Å². The Morgan fingerprint density at radius 3 is 2.33 bits per heavy atom. The zero-order chi connectivity index (χ0) is 11.6. The van der Waals surface area contributed by atoms with E-state index in [2.05, 4.69) is 4.18 Å². The van der Waals surface area contributed by atoms with Crippen LogP contribution in [0, 0.1) is 0 Å². The van der Waals surface area contributed by atoms with Crippen LogP contribution in [0.15, 0.2) is 12.1 Å². The summed E-state index contributed by atoms with van der Waals surface area (Å²) in [7, 11) is 0. The lowest BCUT2D eigenvalue weighted by atomic mass is 10.0. The van der Waals surface area contributed by atoms with Crippen LogP contribution in [0.4, 0.5) is 0 Å². The predicted molar refractivity (Wildman–Crippen MR) is 55.3 cm³/mol. The monoisotopic (exact) mass is 232 g/mol. The Morgan fingerprint density at radius 1 is 1.27 bits per heavy atom. The summed E-state index contributed by atoms with van der Waals surface area (Å²) in [6.45, 7) is 3.69. The van der Waals surface area contributed by atoms with Gasteiger partial charge < -0.3 is 14.4 Å². The Bertz CT molecular complexity index is 388. The molecule has 0 saturated carbocycles. The maximum absolute atomic E-state index is 10.3. The second kappa shape index (κ2) is 4.50. The van der Waals surface area contributed by atoms with Crippen molar-refractivity contribution in [1.82, 2.24) is 0 Å². The van der Waals surface area contributed by atoms with Gasteiger partial charge in [-0.25, -0.2) is 0 Å². The average Bonchev–Trinajstić information content (AvgIpc) is 2.09. The molecule has 3 N–H and O–H groups in total. The van der Waals surface area contributed by atoms with Crippen molar-refractivity contribution in [3.8, 4) is 17.2 Å². The first kappa shape index (κ1) is 11.8. The van der Waals surface area contributed by atoms with E-state index in [1.165, 1.54) is 6.07 Å². The molecule has 1 aromatic rings. The highest BCUT2D eigenvalue weighted by atomic mass is 32.2. The highest BCUT2D eigenvalue weighted by Crippen LogP contribution is 2.36. The molecule has 0 spiro atoms. The van der Waals surface area contributed by atoms with Gasteiger partial charge >= 0.3 is 11.4 Å².